The average Bonchev–Trinajstić information content (AvgIpc) is 3.19. The minimum atomic E-state index is -0.196. The maximum Gasteiger partial charge on any atom is 0.139 e. The Morgan fingerprint density at radius 1 is 1.09 bits per heavy atom. The van der Waals surface area contributed by atoms with Crippen molar-refractivity contribution in [2.45, 2.75) is 57.5 Å². The van der Waals surface area contributed by atoms with Gasteiger partial charge in [0.15, 0.2) is 0 Å². The number of phenols is 1. The summed E-state index contributed by atoms with van der Waals surface area (Å²) in [6.45, 7) is 2.86. The highest BCUT2D eigenvalue weighted by Crippen LogP contribution is 2.60. The van der Waals surface area contributed by atoms with E-state index in [1.165, 1.54) is 16.7 Å². The van der Waals surface area contributed by atoms with Crippen LogP contribution in [-0.4, -0.2) is 28.6 Å². The van der Waals surface area contributed by atoms with Gasteiger partial charge in [-0.2, -0.15) is 0 Å². The number of phenolic OH excluding ortho intramolecular Hbond substituents is 1. The van der Waals surface area contributed by atoms with Crippen LogP contribution in [0.5, 0.6) is 5.75 Å². The van der Waals surface area contributed by atoms with Crippen LogP contribution in [0.25, 0.3) is 11.3 Å². The molecular formula is C31H33NO3. The molecule has 0 saturated heterocycles. The van der Waals surface area contributed by atoms with Gasteiger partial charge in [0.05, 0.1) is 18.4 Å². The van der Waals surface area contributed by atoms with E-state index in [0.29, 0.717) is 42.3 Å². The summed E-state index contributed by atoms with van der Waals surface area (Å²) in [6.07, 6.45) is 7.25. The number of fused-ring (bicyclic) bond motifs is 5. The molecule has 180 valence electrons. The lowest BCUT2D eigenvalue weighted by Crippen LogP contribution is -2.49. The van der Waals surface area contributed by atoms with E-state index in [0.717, 1.165) is 43.4 Å². The van der Waals surface area contributed by atoms with Crippen LogP contribution in [0.4, 0.5) is 0 Å². The molecule has 0 aliphatic heterocycles. The van der Waals surface area contributed by atoms with Gasteiger partial charge in [0.1, 0.15) is 11.5 Å². The minimum Gasteiger partial charge on any atom is -0.508 e. The lowest BCUT2D eigenvalue weighted by atomic mass is 9.55. The van der Waals surface area contributed by atoms with Gasteiger partial charge < -0.3 is 9.84 Å². The molecule has 1 aromatic heterocycles. The molecule has 2 aromatic carbocycles. The zero-order valence-electron chi connectivity index (χ0n) is 20.3. The highest BCUT2D eigenvalue weighted by molar-refractivity contribution is 5.87. The molecule has 0 bridgehead atoms. The molecular weight excluding hydrogens is 434 g/mol. The lowest BCUT2D eigenvalue weighted by molar-refractivity contribution is -0.132. The first-order valence-electron chi connectivity index (χ1n) is 13.0. The summed E-state index contributed by atoms with van der Waals surface area (Å²) in [5.74, 6) is 1.93. The molecule has 3 aromatic rings. The fourth-order valence-corrected chi connectivity index (χ4v) is 7.21. The van der Waals surface area contributed by atoms with E-state index in [1.807, 2.05) is 36.5 Å². The summed E-state index contributed by atoms with van der Waals surface area (Å²) in [6, 6.07) is 20.4. The molecule has 0 amide bonds. The number of carbonyl (C=O) groups excluding carboxylic acids is 1. The van der Waals surface area contributed by atoms with Crippen molar-refractivity contribution in [1.29, 1.82) is 0 Å². The van der Waals surface area contributed by atoms with Crippen molar-refractivity contribution in [3.05, 3.63) is 83.6 Å². The molecule has 3 aliphatic carbocycles. The first-order chi connectivity index (χ1) is 17.0. The van der Waals surface area contributed by atoms with Crippen molar-refractivity contribution in [3.8, 4) is 17.0 Å². The zero-order chi connectivity index (χ0) is 24.0. The standard InChI is InChI=1S/C31H33NO3/c1-31-15-13-25-24-10-9-23(33)18-22(24)19-28(30(25)26(31)11-12-29(31)34)35-17-14-20-5-7-21(8-6-20)27-4-2-3-16-32-27/h2-10,16,18,25-26,28,30,33H,11-15,17,19H2,1H3/t25-,26+,28-,30-,31+/m1/s1. The number of hydrogen-bond acceptors (Lipinski definition) is 4. The van der Waals surface area contributed by atoms with E-state index in [2.05, 4.69) is 42.2 Å². The monoisotopic (exact) mass is 467 g/mol. The largest absolute Gasteiger partial charge is 0.508 e. The number of rotatable bonds is 5. The van der Waals surface area contributed by atoms with Gasteiger partial charge >= 0.3 is 0 Å². The topological polar surface area (TPSA) is 59.4 Å². The van der Waals surface area contributed by atoms with Crippen LogP contribution in [0.2, 0.25) is 0 Å². The highest BCUT2D eigenvalue weighted by Gasteiger charge is 2.57. The van der Waals surface area contributed by atoms with E-state index in [-0.39, 0.29) is 11.5 Å². The van der Waals surface area contributed by atoms with E-state index >= 15 is 0 Å². The van der Waals surface area contributed by atoms with Gasteiger partial charge in [-0.15, -0.1) is 0 Å². The Hall–Kier alpha value is -2.98. The number of benzene rings is 2. The van der Waals surface area contributed by atoms with Crippen LogP contribution in [0.15, 0.2) is 66.9 Å². The van der Waals surface area contributed by atoms with E-state index < -0.39 is 0 Å². The zero-order valence-corrected chi connectivity index (χ0v) is 20.3. The molecule has 0 radical (unpaired) electrons. The second-order valence-corrected chi connectivity index (χ2v) is 10.9. The number of Topliss-reactive ketones (excluding diaryl/α,β-unsaturated/α-hetero) is 1. The summed E-state index contributed by atoms with van der Waals surface area (Å²) in [4.78, 5) is 17.3. The summed E-state index contributed by atoms with van der Waals surface area (Å²) >= 11 is 0. The Balaban J connectivity index is 1.20. The Kier molecular flexibility index (Phi) is 5.72. The summed E-state index contributed by atoms with van der Waals surface area (Å²) in [7, 11) is 0. The maximum atomic E-state index is 12.9. The molecule has 1 heterocycles. The number of hydrogen-bond donors (Lipinski definition) is 1. The predicted octanol–water partition coefficient (Wildman–Crippen LogP) is 6.12. The van der Waals surface area contributed by atoms with Gasteiger partial charge in [0.2, 0.25) is 0 Å². The van der Waals surface area contributed by atoms with Crippen LogP contribution < -0.4 is 0 Å². The average molecular weight is 468 g/mol. The van der Waals surface area contributed by atoms with Crippen LogP contribution in [-0.2, 0) is 22.4 Å². The van der Waals surface area contributed by atoms with Crippen LogP contribution >= 0.6 is 0 Å². The number of pyridine rings is 1. The quantitative estimate of drug-likeness (QED) is 0.491. The third kappa shape index (κ3) is 3.98. The Morgan fingerprint density at radius 2 is 1.94 bits per heavy atom. The van der Waals surface area contributed by atoms with Crippen molar-refractivity contribution in [2.24, 2.45) is 17.3 Å². The van der Waals surface area contributed by atoms with Gasteiger partial charge in [-0.3, -0.25) is 9.78 Å². The van der Waals surface area contributed by atoms with Crippen molar-refractivity contribution in [3.63, 3.8) is 0 Å². The number of aromatic nitrogens is 1. The maximum absolute atomic E-state index is 12.9. The molecule has 3 aliphatic rings. The van der Waals surface area contributed by atoms with Crippen molar-refractivity contribution in [1.82, 2.24) is 4.98 Å². The number of nitrogens with zero attached hydrogens (tertiary/aromatic N) is 1. The lowest BCUT2D eigenvalue weighted by Gasteiger charge is -2.51. The van der Waals surface area contributed by atoms with E-state index in [9.17, 15) is 9.90 Å². The minimum absolute atomic E-state index is 0.0811. The van der Waals surface area contributed by atoms with Crippen molar-refractivity contribution in [2.75, 3.05) is 6.61 Å². The first-order valence-corrected chi connectivity index (χ1v) is 13.0. The third-order valence-corrected chi connectivity index (χ3v) is 9.06. The summed E-state index contributed by atoms with van der Waals surface area (Å²) in [5.41, 5.74) is 5.73. The Labute approximate surface area is 207 Å². The molecule has 5 atom stereocenters. The van der Waals surface area contributed by atoms with Crippen LogP contribution in [0.3, 0.4) is 0 Å². The molecule has 35 heavy (non-hydrogen) atoms. The molecule has 4 nitrogen and oxygen atoms in total. The van der Waals surface area contributed by atoms with Gasteiger partial charge in [-0.1, -0.05) is 43.3 Å². The second-order valence-electron chi connectivity index (χ2n) is 10.9. The molecule has 6 rings (SSSR count). The third-order valence-electron chi connectivity index (χ3n) is 9.06. The van der Waals surface area contributed by atoms with Gasteiger partial charge in [0.25, 0.3) is 0 Å². The predicted molar refractivity (Wildman–Crippen MR) is 136 cm³/mol. The first kappa shape index (κ1) is 22.5. The fraction of sp³-hybridized carbons (Fsp3) is 0.419. The number of aromatic hydroxyl groups is 1. The highest BCUT2D eigenvalue weighted by atomic mass is 16.5. The molecule has 4 heteroatoms. The van der Waals surface area contributed by atoms with Crippen molar-refractivity contribution < 1.29 is 14.6 Å². The Morgan fingerprint density at radius 3 is 2.74 bits per heavy atom. The smallest absolute Gasteiger partial charge is 0.139 e. The molecule has 0 spiro atoms. The number of ether oxygens (including phenoxy) is 1. The van der Waals surface area contributed by atoms with Gasteiger partial charge in [0, 0.05) is 23.6 Å². The SMILES string of the molecule is C[C@]12CC[C@@H]3c4ccc(O)cc4C[C@@H](OCCc4ccc(-c5ccccn5)cc4)[C@H]3[C@@H]1CCC2=O. The fourth-order valence-electron chi connectivity index (χ4n) is 7.21. The van der Waals surface area contributed by atoms with Gasteiger partial charge in [-0.05, 0) is 90.8 Å². The molecule has 1 N–H and O–H groups in total. The summed E-state index contributed by atoms with van der Waals surface area (Å²) in [5, 5.41) is 10.1. The molecule has 0 unspecified atom stereocenters. The second kappa shape index (κ2) is 8.91. The van der Waals surface area contributed by atoms with E-state index in [1.54, 1.807) is 0 Å². The van der Waals surface area contributed by atoms with E-state index in [4.69, 9.17) is 4.74 Å². The van der Waals surface area contributed by atoms with Crippen LogP contribution in [0.1, 0.15) is 55.2 Å². The number of carbonyl (C=O) groups is 1. The molecule has 2 saturated carbocycles. The van der Waals surface area contributed by atoms with Crippen molar-refractivity contribution >= 4 is 5.78 Å². The van der Waals surface area contributed by atoms with Crippen LogP contribution in [0, 0.1) is 17.3 Å². The Bertz CT molecular complexity index is 1220. The molecule has 2 fully saturated rings. The van der Waals surface area contributed by atoms with Gasteiger partial charge in [-0.25, -0.2) is 0 Å². The normalized spacial score (nSPS) is 29.3. The summed E-state index contributed by atoms with van der Waals surface area (Å²) < 4.78 is 6.65. The number of ketones is 1.